The number of rotatable bonds is 6. The lowest BCUT2D eigenvalue weighted by atomic mass is 10.1. The highest BCUT2D eigenvalue weighted by atomic mass is 32.1. The van der Waals surface area contributed by atoms with E-state index in [1.807, 2.05) is 24.4 Å². The van der Waals surface area contributed by atoms with E-state index in [-0.39, 0.29) is 0 Å². The van der Waals surface area contributed by atoms with Crippen molar-refractivity contribution in [2.24, 2.45) is 5.92 Å². The average molecular weight is 289 g/mol. The Bertz CT molecular complexity index is 532. The molecule has 0 saturated heterocycles. The summed E-state index contributed by atoms with van der Waals surface area (Å²) in [6.07, 6.45) is 2.85. The number of hydrogen-bond donors (Lipinski definition) is 1. The zero-order chi connectivity index (χ0) is 14.5. The maximum atomic E-state index is 4.81. The third kappa shape index (κ3) is 4.12. The quantitative estimate of drug-likeness (QED) is 0.876. The zero-order valence-corrected chi connectivity index (χ0v) is 13.5. The molecule has 20 heavy (non-hydrogen) atoms. The van der Waals surface area contributed by atoms with Crippen LogP contribution >= 0.6 is 11.3 Å². The summed E-state index contributed by atoms with van der Waals surface area (Å²) in [6, 6.07) is 6.46. The van der Waals surface area contributed by atoms with Crippen LogP contribution in [-0.4, -0.2) is 16.0 Å². The highest BCUT2D eigenvalue weighted by Crippen LogP contribution is 2.28. The molecule has 108 valence electrons. The zero-order valence-electron chi connectivity index (χ0n) is 12.7. The van der Waals surface area contributed by atoms with Crippen LogP contribution in [0.4, 0.5) is 0 Å². The van der Waals surface area contributed by atoms with E-state index in [0.29, 0.717) is 12.0 Å². The fourth-order valence-electron chi connectivity index (χ4n) is 1.96. The van der Waals surface area contributed by atoms with Gasteiger partial charge in [-0.1, -0.05) is 33.8 Å². The highest BCUT2D eigenvalue weighted by Gasteiger charge is 2.14. The Morgan fingerprint density at radius 1 is 1.20 bits per heavy atom. The van der Waals surface area contributed by atoms with Gasteiger partial charge in [-0.05, 0) is 24.5 Å². The molecule has 0 unspecified atom stereocenters. The van der Waals surface area contributed by atoms with E-state index < -0.39 is 0 Å². The average Bonchev–Trinajstić information content (AvgIpc) is 2.80. The van der Waals surface area contributed by atoms with Crippen LogP contribution in [0.1, 0.15) is 38.3 Å². The van der Waals surface area contributed by atoms with Crippen molar-refractivity contribution in [3.8, 4) is 10.7 Å². The van der Waals surface area contributed by atoms with Crippen LogP contribution in [0.2, 0.25) is 0 Å². The Kier molecular flexibility index (Phi) is 5.26. The molecule has 0 radical (unpaired) electrons. The van der Waals surface area contributed by atoms with E-state index in [1.54, 1.807) is 11.3 Å². The van der Waals surface area contributed by atoms with Crippen molar-refractivity contribution in [2.45, 2.75) is 46.7 Å². The number of aromatic nitrogens is 2. The van der Waals surface area contributed by atoms with Gasteiger partial charge in [-0.2, -0.15) is 0 Å². The smallest absolute Gasteiger partial charge is 0.142 e. The minimum Gasteiger partial charge on any atom is -0.310 e. The largest absolute Gasteiger partial charge is 0.310 e. The first-order valence-electron chi connectivity index (χ1n) is 7.19. The van der Waals surface area contributed by atoms with Crippen molar-refractivity contribution in [1.29, 1.82) is 0 Å². The maximum absolute atomic E-state index is 4.81. The topological polar surface area (TPSA) is 37.8 Å². The molecule has 4 heteroatoms. The Morgan fingerprint density at radius 3 is 2.60 bits per heavy atom. The summed E-state index contributed by atoms with van der Waals surface area (Å²) in [6.45, 7) is 9.70. The van der Waals surface area contributed by atoms with Gasteiger partial charge in [-0.3, -0.25) is 4.98 Å². The summed E-state index contributed by atoms with van der Waals surface area (Å²) in [5.74, 6) is 0.617. The van der Waals surface area contributed by atoms with Crippen LogP contribution in [0.15, 0.2) is 24.4 Å². The molecule has 0 aliphatic heterocycles. The summed E-state index contributed by atoms with van der Waals surface area (Å²) in [7, 11) is 0. The second-order valence-corrected chi connectivity index (χ2v) is 6.82. The highest BCUT2D eigenvalue weighted by molar-refractivity contribution is 7.15. The molecule has 3 nitrogen and oxygen atoms in total. The van der Waals surface area contributed by atoms with E-state index in [9.17, 15) is 0 Å². The normalized spacial score (nSPS) is 11.5. The minimum absolute atomic E-state index is 0.488. The van der Waals surface area contributed by atoms with Gasteiger partial charge in [0.15, 0.2) is 0 Å². The molecular formula is C16H23N3S. The van der Waals surface area contributed by atoms with Crippen molar-refractivity contribution in [3.05, 3.63) is 35.0 Å². The van der Waals surface area contributed by atoms with E-state index in [4.69, 9.17) is 4.98 Å². The van der Waals surface area contributed by atoms with Gasteiger partial charge in [0.1, 0.15) is 5.01 Å². The molecule has 0 bridgehead atoms. The van der Waals surface area contributed by atoms with Gasteiger partial charge >= 0.3 is 0 Å². The van der Waals surface area contributed by atoms with Crippen LogP contribution < -0.4 is 5.32 Å². The number of nitrogens with zero attached hydrogens (tertiary/aromatic N) is 2. The second kappa shape index (κ2) is 6.95. The van der Waals surface area contributed by atoms with Crippen molar-refractivity contribution < 1.29 is 0 Å². The molecule has 2 aromatic rings. The van der Waals surface area contributed by atoms with Gasteiger partial charge in [0.2, 0.25) is 0 Å². The monoisotopic (exact) mass is 289 g/mol. The van der Waals surface area contributed by atoms with Crippen molar-refractivity contribution in [3.63, 3.8) is 0 Å². The third-order valence-corrected chi connectivity index (χ3v) is 4.05. The first kappa shape index (κ1) is 15.1. The molecule has 0 saturated carbocycles. The lowest BCUT2D eigenvalue weighted by Gasteiger charge is -2.08. The van der Waals surface area contributed by atoms with E-state index >= 15 is 0 Å². The van der Waals surface area contributed by atoms with E-state index in [0.717, 1.165) is 23.7 Å². The Morgan fingerprint density at radius 2 is 2.00 bits per heavy atom. The van der Waals surface area contributed by atoms with E-state index in [2.05, 4.69) is 38.0 Å². The molecular weight excluding hydrogens is 266 g/mol. The molecule has 2 aromatic heterocycles. The third-order valence-electron chi connectivity index (χ3n) is 2.93. The number of pyridine rings is 1. The Labute approximate surface area is 125 Å². The van der Waals surface area contributed by atoms with Gasteiger partial charge in [-0.25, -0.2) is 4.98 Å². The fraction of sp³-hybridized carbons (Fsp3) is 0.500. The molecule has 0 atom stereocenters. The molecule has 0 aromatic carbocycles. The first-order chi connectivity index (χ1) is 9.56. The SMILES string of the molecule is CC(C)Cc1nc(-c2ccccn2)sc1CNC(C)C. The molecule has 0 amide bonds. The molecule has 1 N–H and O–H groups in total. The van der Waals surface area contributed by atoms with Crippen LogP contribution in [0.25, 0.3) is 10.7 Å². The lowest BCUT2D eigenvalue weighted by molar-refractivity contribution is 0.581. The maximum Gasteiger partial charge on any atom is 0.142 e. The van der Waals surface area contributed by atoms with Crippen LogP contribution in [-0.2, 0) is 13.0 Å². The molecule has 0 aliphatic rings. The summed E-state index contributed by atoms with van der Waals surface area (Å²) in [5.41, 5.74) is 2.19. The summed E-state index contributed by atoms with van der Waals surface area (Å²) in [4.78, 5) is 10.6. The number of nitrogens with one attached hydrogen (secondary N) is 1. The molecule has 0 fully saturated rings. The molecule has 0 aliphatic carbocycles. The van der Waals surface area contributed by atoms with Gasteiger partial charge in [0, 0.05) is 23.7 Å². The summed E-state index contributed by atoms with van der Waals surface area (Å²) in [5, 5.41) is 4.52. The fourth-order valence-corrected chi connectivity index (χ4v) is 2.98. The lowest BCUT2D eigenvalue weighted by Crippen LogP contribution is -2.22. The summed E-state index contributed by atoms with van der Waals surface area (Å²) < 4.78 is 0. The number of hydrogen-bond acceptors (Lipinski definition) is 4. The first-order valence-corrected chi connectivity index (χ1v) is 8.01. The summed E-state index contributed by atoms with van der Waals surface area (Å²) >= 11 is 1.76. The van der Waals surface area contributed by atoms with Crippen molar-refractivity contribution in [2.75, 3.05) is 0 Å². The van der Waals surface area contributed by atoms with E-state index in [1.165, 1.54) is 10.6 Å². The standard InChI is InChI=1S/C16H23N3S/c1-11(2)9-14-15(10-18-12(3)4)20-16(19-14)13-7-5-6-8-17-13/h5-8,11-12,18H,9-10H2,1-4H3. The van der Waals surface area contributed by atoms with Crippen molar-refractivity contribution in [1.82, 2.24) is 15.3 Å². The minimum atomic E-state index is 0.488. The van der Waals surface area contributed by atoms with Gasteiger partial charge in [-0.15, -0.1) is 11.3 Å². The molecule has 2 heterocycles. The molecule has 0 spiro atoms. The van der Waals surface area contributed by atoms with Gasteiger partial charge in [0.05, 0.1) is 11.4 Å². The van der Waals surface area contributed by atoms with Crippen LogP contribution in [0.3, 0.4) is 0 Å². The van der Waals surface area contributed by atoms with Crippen molar-refractivity contribution >= 4 is 11.3 Å². The second-order valence-electron chi connectivity index (χ2n) is 5.74. The van der Waals surface area contributed by atoms with Gasteiger partial charge in [0.25, 0.3) is 0 Å². The van der Waals surface area contributed by atoms with Gasteiger partial charge < -0.3 is 5.32 Å². The Balaban J connectivity index is 2.26. The predicted octanol–water partition coefficient (Wildman–Crippen LogP) is 3.90. The number of thiazole rings is 1. The van der Waals surface area contributed by atoms with Crippen LogP contribution in [0, 0.1) is 5.92 Å². The molecule has 2 rings (SSSR count). The Hall–Kier alpha value is -1.26. The van der Waals surface area contributed by atoms with Crippen LogP contribution in [0.5, 0.6) is 0 Å². The predicted molar refractivity (Wildman–Crippen MR) is 85.9 cm³/mol.